The number of aromatic nitrogens is 2. The molecule has 3 rings (SSSR count). The number of benzene rings is 2. The molecule has 0 saturated heterocycles. The fraction of sp³-hybridized carbons (Fsp3) is 0.143. The Kier molecular flexibility index (Phi) is 3.02. The minimum atomic E-state index is 0.378. The second-order valence-electron chi connectivity index (χ2n) is 4.16. The molecule has 3 aromatic rings. The van der Waals surface area contributed by atoms with Gasteiger partial charge in [0.1, 0.15) is 5.75 Å². The highest BCUT2D eigenvalue weighted by molar-refractivity contribution is 5.72. The van der Waals surface area contributed by atoms with Crippen molar-refractivity contribution in [3.63, 3.8) is 0 Å². The number of nitrogens with zero attached hydrogens (tertiary/aromatic N) is 2. The molecule has 0 unspecified atom stereocenters. The summed E-state index contributed by atoms with van der Waals surface area (Å²) in [5.74, 6) is 0.678. The Balaban J connectivity index is 1.65. The topological polar surface area (TPSA) is 62.2 Å². The molecule has 19 heavy (non-hydrogen) atoms. The Hall–Kier alpha value is -2.56. The van der Waals surface area contributed by atoms with Gasteiger partial charge < -0.3 is 9.94 Å². The van der Waals surface area contributed by atoms with Crippen molar-refractivity contribution in [3.8, 4) is 5.75 Å². The van der Waals surface area contributed by atoms with Gasteiger partial charge >= 0.3 is 0 Å². The van der Waals surface area contributed by atoms with Gasteiger partial charge in [0.15, 0.2) is 0 Å². The van der Waals surface area contributed by atoms with E-state index in [-0.39, 0.29) is 0 Å². The Morgan fingerprint density at radius 2 is 2.00 bits per heavy atom. The molecule has 5 heteroatoms. The summed E-state index contributed by atoms with van der Waals surface area (Å²) in [6.45, 7) is 0.574. The van der Waals surface area contributed by atoms with Crippen LogP contribution in [-0.4, -0.2) is 11.8 Å². The molecule has 0 atom stereocenters. The zero-order valence-corrected chi connectivity index (χ0v) is 10.2. The minimum Gasteiger partial charge on any atom is -0.493 e. The van der Waals surface area contributed by atoms with Crippen LogP contribution in [-0.2, 0) is 6.42 Å². The van der Waals surface area contributed by atoms with Crippen LogP contribution in [0.15, 0.2) is 53.2 Å². The molecule has 1 aromatic heterocycles. The molecule has 0 fully saturated rings. The molecule has 0 bridgehead atoms. The first-order valence-electron chi connectivity index (χ1n) is 5.99. The molecule has 0 N–H and O–H groups in total. The first-order chi connectivity index (χ1) is 9.33. The summed E-state index contributed by atoms with van der Waals surface area (Å²) in [5, 5.41) is 14.8. The zero-order chi connectivity index (χ0) is 13.1. The average molecular weight is 256 g/mol. The van der Waals surface area contributed by atoms with Crippen LogP contribution in [0.4, 0.5) is 0 Å². The highest BCUT2D eigenvalue weighted by atomic mass is 16.8. The number of fused-ring (bicyclic) bond motifs is 1. The normalized spacial score (nSPS) is 10.7. The van der Waals surface area contributed by atoms with Gasteiger partial charge in [-0.15, -0.1) is 0 Å². The van der Waals surface area contributed by atoms with Crippen LogP contribution in [0, 0.1) is 5.21 Å². The molecule has 0 aliphatic heterocycles. The maximum absolute atomic E-state index is 11.1. The number of hydrogen-bond donors (Lipinski definition) is 0. The van der Waals surface area contributed by atoms with Crippen molar-refractivity contribution in [1.29, 1.82) is 0 Å². The lowest BCUT2D eigenvalue weighted by molar-refractivity contribution is -0.782. The van der Waals surface area contributed by atoms with E-state index in [0.29, 0.717) is 28.3 Å². The van der Waals surface area contributed by atoms with E-state index in [1.54, 1.807) is 18.2 Å². The predicted molar refractivity (Wildman–Crippen MR) is 68.6 cm³/mol. The molecule has 0 spiro atoms. The highest BCUT2D eigenvalue weighted by Gasteiger charge is 2.09. The van der Waals surface area contributed by atoms with Gasteiger partial charge in [0.05, 0.1) is 6.61 Å². The summed E-state index contributed by atoms with van der Waals surface area (Å²) < 4.78 is 10.1. The van der Waals surface area contributed by atoms with Crippen molar-refractivity contribution < 1.29 is 14.3 Å². The van der Waals surface area contributed by atoms with E-state index in [1.807, 2.05) is 18.2 Å². The van der Waals surface area contributed by atoms with E-state index in [2.05, 4.69) is 21.9 Å². The zero-order valence-electron chi connectivity index (χ0n) is 10.2. The second-order valence-corrected chi connectivity index (χ2v) is 4.16. The van der Waals surface area contributed by atoms with E-state index in [1.165, 1.54) is 5.56 Å². The SMILES string of the molecule is [O-][n+]1onc2cc(OCCc3ccccc3)ccc21. The van der Waals surface area contributed by atoms with Crippen molar-refractivity contribution in [1.82, 2.24) is 5.16 Å². The highest BCUT2D eigenvalue weighted by Crippen LogP contribution is 2.17. The van der Waals surface area contributed by atoms with Gasteiger partial charge in [0.2, 0.25) is 5.52 Å². The predicted octanol–water partition coefficient (Wildman–Crippen LogP) is 2.08. The minimum absolute atomic E-state index is 0.378. The molecule has 2 aromatic carbocycles. The fourth-order valence-electron chi connectivity index (χ4n) is 1.88. The third-order valence-electron chi connectivity index (χ3n) is 2.86. The van der Waals surface area contributed by atoms with Crippen molar-refractivity contribution >= 4 is 11.0 Å². The van der Waals surface area contributed by atoms with Gasteiger partial charge in [-0.3, -0.25) is 4.63 Å². The van der Waals surface area contributed by atoms with Crippen molar-refractivity contribution in [2.75, 3.05) is 6.61 Å². The quantitative estimate of drug-likeness (QED) is 0.670. The van der Waals surface area contributed by atoms with Crippen LogP contribution < -0.4 is 9.64 Å². The lowest BCUT2D eigenvalue weighted by atomic mass is 10.2. The van der Waals surface area contributed by atoms with Crippen molar-refractivity contribution in [3.05, 3.63) is 59.3 Å². The monoisotopic (exact) mass is 256 g/mol. The number of hydrogen-bond acceptors (Lipinski definition) is 4. The molecule has 0 amide bonds. The summed E-state index contributed by atoms with van der Waals surface area (Å²) in [6, 6.07) is 15.2. The van der Waals surface area contributed by atoms with Crippen molar-refractivity contribution in [2.24, 2.45) is 0 Å². The molecule has 1 heterocycles. The van der Waals surface area contributed by atoms with Crippen LogP contribution >= 0.6 is 0 Å². The maximum Gasteiger partial charge on any atom is 0.252 e. The third kappa shape index (κ3) is 2.49. The third-order valence-corrected chi connectivity index (χ3v) is 2.86. The summed E-state index contributed by atoms with van der Waals surface area (Å²) in [7, 11) is 0. The van der Waals surface area contributed by atoms with Gasteiger partial charge in [0, 0.05) is 17.6 Å². The first-order valence-corrected chi connectivity index (χ1v) is 5.99. The van der Waals surface area contributed by atoms with Gasteiger partial charge in [-0.1, -0.05) is 30.3 Å². The van der Waals surface area contributed by atoms with E-state index < -0.39 is 0 Å². The molecule has 0 aliphatic rings. The van der Waals surface area contributed by atoms with Gasteiger partial charge in [-0.25, -0.2) is 0 Å². The second kappa shape index (κ2) is 4.97. The van der Waals surface area contributed by atoms with Crippen LogP contribution in [0.25, 0.3) is 11.0 Å². The fourth-order valence-corrected chi connectivity index (χ4v) is 1.88. The summed E-state index contributed by atoms with van der Waals surface area (Å²) >= 11 is 0. The Bertz CT molecular complexity index is 679. The number of rotatable bonds is 4. The van der Waals surface area contributed by atoms with E-state index in [9.17, 15) is 5.21 Å². The van der Waals surface area contributed by atoms with Gasteiger partial charge in [-0.05, 0) is 22.6 Å². The van der Waals surface area contributed by atoms with Crippen molar-refractivity contribution in [2.45, 2.75) is 6.42 Å². The largest absolute Gasteiger partial charge is 0.493 e. The van der Waals surface area contributed by atoms with Crippen LogP contribution in [0.1, 0.15) is 5.56 Å². The first kappa shape index (κ1) is 11.5. The molecule has 96 valence electrons. The molecular formula is C14H12N2O3. The van der Waals surface area contributed by atoms with E-state index in [4.69, 9.17) is 4.74 Å². The smallest absolute Gasteiger partial charge is 0.252 e. The van der Waals surface area contributed by atoms with Crippen LogP contribution in [0.2, 0.25) is 0 Å². The van der Waals surface area contributed by atoms with Crippen LogP contribution in [0.3, 0.4) is 0 Å². The standard InChI is InChI=1S/C14H12N2O3/c17-16-14-7-6-12(10-13(14)15-19-16)18-9-8-11-4-2-1-3-5-11/h1-7,10H,8-9H2. The lowest BCUT2D eigenvalue weighted by Gasteiger charge is -2.05. The Morgan fingerprint density at radius 3 is 2.84 bits per heavy atom. The van der Waals surface area contributed by atoms with E-state index >= 15 is 0 Å². The maximum atomic E-state index is 11.1. The summed E-state index contributed by atoms with van der Waals surface area (Å²) in [4.78, 5) is 0.378. The van der Waals surface area contributed by atoms with Crippen LogP contribution in [0.5, 0.6) is 5.75 Å². The van der Waals surface area contributed by atoms with Gasteiger partial charge in [0.25, 0.3) is 5.52 Å². The lowest BCUT2D eigenvalue weighted by Crippen LogP contribution is -2.22. The number of ether oxygens (including phenoxy) is 1. The average Bonchev–Trinajstić information content (AvgIpc) is 2.81. The van der Waals surface area contributed by atoms with Gasteiger partial charge in [-0.2, -0.15) is 0 Å². The molecule has 5 nitrogen and oxygen atoms in total. The summed E-state index contributed by atoms with van der Waals surface area (Å²) in [6.07, 6.45) is 0.833. The molecule has 0 saturated carbocycles. The van der Waals surface area contributed by atoms with E-state index in [0.717, 1.165) is 6.42 Å². The summed E-state index contributed by atoms with van der Waals surface area (Å²) in [5.41, 5.74) is 2.12. The Labute approximate surface area is 109 Å². The molecule has 0 aliphatic carbocycles. The Morgan fingerprint density at radius 1 is 1.16 bits per heavy atom. The molecule has 0 radical (unpaired) electrons. The molecular weight excluding hydrogens is 244 g/mol.